The maximum Gasteiger partial charge on any atom is 0.242 e. The number of hydrogen-bond donors (Lipinski definition) is 1. The van der Waals surface area contributed by atoms with Gasteiger partial charge in [-0.15, -0.1) is 0 Å². The Kier molecular flexibility index (Phi) is 6.17. The molecule has 0 fully saturated rings. The van der Waals surface area contributed by atoms with E-state index in [1.807, 2.05) is 13.8 Å². The molecule has 0 unspecified atom stereocenters. The van der Waals surface area contributed by atoms with Gasteiger partial charge in [-0.2, -0.15) is 0 Å². The number of carbonyl (C=O) groups is 1. The molecule has 1 aromatic heterocycles. The van der Waals surface area contributed by atoms with E-state index in [2.05, 4.69) is 9.97 Å². The highest BCUT2D eigenvalue weighted by molar-refractivity contribution is 5.81. The summed E-state index contributed by atoms with van der Waals surface area (Å²) < 4.78 is 5.00. The molecule has 7 nitrogen and oxygen atoms in total. The van der Waals surface area contributed by atoms with Crippen LogP contribution < -0.4 is 10.6 Å². The van der Waals surface area contributed by atoms with E-state index < -0.39 is 0 Å². The van der Waals surface area contributed by atoms with Crippen LogP contribution in [0.2, 0.25) is 0 Å². The van der Waals surface area contributed by atoms with Crippen molar-refractivity contribution in [2.45, 2.75) is 20.5 Å². The molecule has 0 saturated heterocycles. The molecule has 0 saturated carbocycles. The standard InChI is InChI=1S/C13H23N5O2/c1-5-18(6-2)13(19)8-17(3)12-7-10(14)15-11(16-12)9-20-4/h7H,5-6,8-9H2,1-4H3,(H2,14,15,16). The van der Waals surface area contributed by atoms with Gasteiger partial charge in [0.1, 0.15) is 18.2 Å². The average Bonchev–Trinajstić information content (AvgIpc) is 2.39. The largest absolute Gasteiger partial charge is 0.384 e. The van der Waals surface area contributed by atoms with Crippen LogP contribution in [-0.4, -0.2) is 54.6 Å². The van der Waals surface area contributed by atoms with Gasteiger partial charge < -0.3 is 20.3 Å². The fourth-order valence-electron chi connectivity index (χ4n) is 1.85. The Balaban J connectivity index is 2.81. The van der Waals surface area contributed by atoms with Crippen molar-refractivity contribution in [1.82, 2.24) is 14.9 Å². The van der Waals surface area contributed by atoms with Gasteiger partial charge in [-0.1, -0.05) is 0 Å². The number of carbonyl (C=O) groups excluding carboxylic acids is 1. The molecule has 20 heavy (non-hydrogen) atoms. The average molecular weight is 281 g/mol. The Morgan fingerprint density at radius 1 is 1.35 bits per heavy atom. The van der Waals surface area contributed by atoms with E-state index in [0.717, 1.165) is 0 Å². The Morgan fingerprint density at radius 2 is 2.00 bits per heavy atom. The van der Waals surface area contributed by atoms with Crippen LogP contribution in [0.25, 0.3) is 0 Å². The zero-order chi connectivity index (χ0) is 15.1. The minimum absolute atomic E-state index is 0.0583. The molecule has 2 N–H and O–H groups in total. The monoisotopic (exact) mass is 281 g/mol. The maximum absolute atomic E-state index is 12.1. The van der Waals surface area contributed by atoms with Crippen LogP contribution in [0.1, 0.15) is 19.7 Å². The van der Waals surface area contributed by atoms with Crippen LogP contribution in [-0.2, 0) is 16.1 Å². The van der Waals surface area contributed by atoms with Crippen LogP contribution in [0.4, 0.5) is 11.6 Å². The quantitative estimate of drug-likeness (QED) is 0.784. The van der Waals surface area contributed by atoms with Crippen LogP contribution in [0, 0.1) is 0 Å². The molecule has 0 radical (unpaired) electrons. The van der Waals surface area contributed by atoms with E-state index in [1.54, 1.807) is 30.0 Å². The summed E-state index contributed by atoms with van der Waals surface area (Å²) in [7, 11) is 3.37. The normalized spacial score (nSPS) is 10.4. The first-order valence-corrected chi connectivity index (χ1v) is 6.63. The number of anilines is 2. The molecule has 7 heteroatoms. The van der Waals surface area contributed by atoms with Crippen molar-refractivity contribution in [1.29, 1.82) is 0 Å². The van der Waals surface area contributed by atoms with Gasteiger partial charge in [-0.25, -0.2) is 9.97 Å². The minimum atomic E-state index is 0.0583. The molecule has 112 valence electrons. The van der Waals surface area contributed by atoms with Crippen molar-refractivity contribution in [3.05, 3.63) is 11.9 Å². The Bertz CT molecular complexity index is 448. The zero-order valence-corrected chi connectivity index (χ0v) is 12.6. The molecule has 0 aromatic carbocycles. The third kappa shape index (κ3) is 4.34. The van der Waals surface area contributed by atoms with Gasteiger partial charge in [-0.3, -0.25) is 4.79 Å². The lowest BCUT2D eigenvalue weighted by atomic mass is 10.4. The third-order valence-electron chi connectivity index (χ3n) is 2.93. The summed E-state index contributed by atoms with van der Waals surface area (Å²) in [6.07, 6.45) is 0. The van der Waals surface area contributed by atoms with Gasteiger partial charge in [0.15, 0.2) is 5.82 Å². The predicted octanol–water partition coefficient (Wildman–Crippen LogP) is 0.510. The molecule has 0 spiro atoms. The zero-order valence-electron chi connectivity index (χ0n) is 12.6. The first-order valence-electron chi connectivity index (χ1n) is 6.63. The first kappa shape index (κ1) is 16.2. The summed E-state index contributed by atoms with van der Waals surface area (Å²) in [6.45, 7) is 5.86. The highest BCUT2D eigenvalue weighted by Crippen LogP contribution is 2.13. The maximum atomic E-state index is 12.1. The second-order valence-electron chi connectivity index (χ2n) is 4.42. The first-order chi connectivity index (χ1) is 9.51. The highest BCUT2D eigenvalue weighted by Gasteiger charge is 2.14. The number of methoxy groups -OCH3 is 1. The van der Waals surface area contributed by atoms with E-state index in [4.69, 9.17) is 10.5 Å². The number of likely N-dealkylation sites (N-methyl/N-ethyl adjacent to an activating group) is 2. The number of nitrogens with two attached hydrogens (primary N) is 1. The molecular weight excluding hydrogens is 258 g/mol. The molecular formula is C13H23N5O2. The highest BCUT2D eigenvalue weighted by atomic mass is 16.5. The van der Waals surface area contributed by atoms with Crippen LogP contribution in [0.15, 0.2) is 6.07 Å². The Hall–Kier alpha value is -1.89. The van der Waals surface area contributed by atoms with Gasteiger partial charge in [0.25, 0.3) is 0 Å². The minimum Gasteiger partial charge on any atom is -0.384 e. The molecule has 1 heterocycles. The SMILES string of the molecule is CCN(CC)C(=O)CN(C)c1cc(N)nc(COC)n1. The van der Waals surface area contributed by atoms with E-state index in [0.29, 0.717) is 30.5 Å². The lowest BCUT2D eigenvalue weighted by molar-refractivity contribution is -0.129. The summed E-state index contributed by atoms with van der Waals surface area (Å²) in [4.78, 5) is 24.0. The number of nitrogens with zero attached hydrogens (tertiary/aromatic N) is 4. The van der Waals surface area contributed by atoms with E-state index in [9.17, 15) is 4.79 Å². The van der Waals surface area contributed by atoms with Gasteiger partial charge in [0.2, 0.25) is 5.91 Å². The molecule has 0 atom stereocenters. The van der Waals surface area contributed by atoms with E-state index in [1.165, 1.54) is 0 Å². The van der Waals surface area contributed by atoms with Crippen molar-refractivity contribution < 1.29 is 9.53 Å². The smallest absolute Gasteiger partial charge is 0.242 e. The van der Waals surface area contributed by atoms with Gasteiger partial charge in [0.05, 0.1) is 6.54 Å². The van der Waals surface area contributed by atoms with Gasteiger partial charge in [0, 0.05) is 33.3 Å². The summed E-state index contributed by atoms with van der Waals surface area (Å²) in [5.74, 6) is 1.54. The van der Waals surface area contributed by atoms with E-state index >= 15 is 0 Å². The second kappa shape index (κ2) is 7.64. The van der Waals surface area contributed by atoms with Crippen molar-refractivity contribution in [2.24, 2.45) is 0 Å². The van der Waals surface area contributed by atoms with Crippen molar-refractivity contribution in [2.75, 3.05) is 44.4 Å². The van der Waals surface area contributed by atoms with Crippen molar-refractivity contribution >= 4 is 17.5 Å². The molecule has 0 aliphatic heterocycles. The molecule has 1 aromatic rings. The topological polar surface area (TPSA) is 84.6 Å². The fourth-order valence-corrected chi connectivity index (χ4v) is 1.85. The van der Waals surface area contributed by atoms with Gasteiger partial charge >= 0.3 is 0 Å². The van der Waals surface area contributed by atoms with E-state index in [-0.39, 0.29) is 19.1 Å². The van der Waals surface area contributed by atoms with Crippen LogP contribution in [0.3, 0.4) is 0 Å². The summed E-state index contributed by atoms with van der Waals surface area (Å²) in [5, 5.41) is 0. The Labute approximate surface area is 119 Å². The number of aromatic nitrogens is 2. The van der Waals surface area contributed by atoms with Crippen molar-refractivity contribution in [3.8, 4) is 0 Å². The number of amides is 1. The number of ether oxygens (including phenoxy) is 1. The molecule has 1 amide bonds. The fraction of sp³-hybridized carbons (Fsp3) is 0.615. The number of rotatable bonds is 7. The van der Waals surface area contributed by atoms with Gasteiger partial charge in [-0.05, 0) is 13.8 Å². The molecule has 0 bridgehead atoms. The Morgan fingerprint density at radius 3 is 2.55 bits per heavy atom. The summed E-state index contributed by atoms with van der Waals surface area (Å²) in [5.41, 5.74) is 5.74. The van der Waals surface area contributed by atoms with Crippen molar-refractivity contribution in [3.63, 3.8) is 0 Å². The predicted molar refractivity (Wildman–Crippen MR) is 78.4 cm³/mol. The van der Waals surface area contributed by atoms with Crippen LogP contribution in [0.5, 0.6) is 0 Å². The molecule has 0 aliphatic rings. The van der Waals surface area contributed by atoms with Crippen LogP contribution >= 0.6 is 0 Å². The molecule has 0 aliphatic carbocycles. The summed E-state index contributed by atoms with van der Waals surface area (Å²) >= 11 is 0. The molecule has 1 rings (SSSR count). The lowest BCUT2D eigenvalue weighted by Crippen LogP contribution is -2.39. The number of hydrogen-bond acceptors (Lipinski definition) is 6. The second-order valence-corrected chi connectivity index (χ2v) is 4.42. The lowest BCUT2D eigenvalue weighted by Gasteiger charge is -2.24. The third-order valence-corrected chi connectivity index (χ3v) is 2.93. The summed E-state index contributed by atoms with van der Waals surface area (Å²) in [6, 6.07) is 1.65. The number of nitrogen functional groups attached to an aromatic ring is 1.